The Balaban J connectivity index is 2.46. The zero-order valence-corrected chi connectivity index (χ0v) is 11.4. The second-order valence-corrected chi connectivity index (χ2v) is 4.60. The van der Waals surface area contributed by atoms with Gasteiger partial charge >= 0.3 is 5.97 Å². The number of carboxylic acid groups (broad SMARTS) is 1. The summed E-state index contributed by atoms with van der Waals surface area (Å²) in [5, 5.41) is 8.68. The molecule has 0 aromatic heterocycles. The number of rotatable bonds is 9. The Labute approximate surface area is 116 Å². The molecule has 0 saturated heterocycles. The number of carbonyl (C=O) groups excluding carboxylic acids is 3. The van der Waals surface area contributed by atoms with Gasteiger partial charge in [-0.25, -0.2) is 0 Å². The van der Waals surface area contributed by atoms with Crippen LogP contribution in [0.3, 0.4) is 0 Å². The molecule has 110 valence electrons. The second kappa shape index (κ2) is 7.54. The highest BCUT2D eigenvalue weighted by Gasteiger charge is 2.23. The van der Waals surface area contributed by atoms with Crippen LogP contribution in [0.15, 0.2) is 12.2 Å². The van der Waals surface area contributed by atoms with Crippen LogP contribution in [0.25, 0.3) is 0 Å². The highest BCUT2D eigenvalue weighted by Crippen LogP contribution is 2.04. The minimum absolute atomic E-state index is 0.0142. The lowest BCUT2D eigenvalue weighted by Crippen LogP contribution is -2.39. The van der Waals surface area contributed by atoms with E-state index in [-0.39, 0.29) is 37.1 Å². The van der Waals surface area contributed by atoms with E-state index >= 15 is 0 Å². The SMILES string of the molecule is CC(=O)CCN(CCC(=O)O)CCN1C(=O)C=CC1=O. The molecule has 0 radical (unpaired) electrons. The number of nitrogens with zero attached hydrogens (tertiary/aromatic N) is 2. The van der Waals surface area contributed by atoms with Crippen molar-refractivity contribution in [3.8, 4) is 0 Å². The summed E-state index contributed by atoms with van der Waals surface area (Å²) in [6.07, 6.45) is 2.69. The maximum Gasteiger partial charge on any atom is 0.304 e. The minimum atomic E-state index is -0.923. The van der Waals surface area contributed by atoms with E-state index in [1.807, 2.05) is 0 Å². The van der Waals surface area contributed by atoms with E-state index in [2.05, 4.69) is 0 Å². The predicted molar refractivity (Wildman–Crippen MR) is 69.9 cm³/mol. The van der Waals surface area contributed by atoms with Gasteiger partial charge in [0.1, 0.15) is 5.78 Å². The molecule has 0 aromatic rings. The van der Waals surface area contributed by atoms with Gasteiger partial charge in [-0.1, -0.05) is 0 Å². The van der Waals surface area contributed by atoms with Crippen molar-refractivity contribution in [1.29, 1.82) is 0 Å². The van der Waals surface area contributed by atoms with Crippen molar-refractivity contribution in [3.63, 3.8) is 0 Å². The molecule has 0 unspecified atom stereocenters. The number of aliphatic carboxylic acids is 1. The third-order valence-corrected chi connectivity index (χ3v) is 2.96. The van der Waals surface area contributed by atoms with Crippen molar-refractivity contribution in [1.82, 2.24) is 9.80 Å². The number of Topliss-reactive ketones (excluding diaryl/α,β-unsaturated/α-hetero) is 1. The van der Waals surface area contributed by atoms with E-state index in [1.165, 1.54) is 19.1 Å². The van der Waals surface area contributed by atoms with Crippen molar-refractivity contribution in [2.45, 2.75) is 19.8 Å². The van der Waals surface area contributed by atoms with Crippen molar-refractivity contribution < 1.29 is 24.3 Å². The Bertz CT molecular complexity index is 408. The maximum absolute atomic E-state index is 11.4. The zero-order valence-electron chi connectivity index (χ0n) is 11.4. The van der Waals surface area contributed by atoms with Gasteiger partial charge in [-0.05, 0) is 6.92 Å². The van der Waals surface area contributed by atoms with Gasteiger partial charge in [0, 0.05) is 44.8 Å². The van der Waals surface area contributed by atoms with Crippen molar-refractivity contribution in [2.75, 3.05) is 26.2 Å². The normalized spacial score (nSPS) is 14.4. The number of carboxylic acids is 1. The number of hydrogen-bond donors (Lipinski definition) is 1. The fourth-order valence-electron chi connectivity index (χ4n) is 1.80. The summed E-state index contributed by atoms with van der Waals surface area (Å²) in [5.74, 6) is -1.63. The maximum atomic E-state index is 11.4. The first-order chi connectivity index (χ1) is 9.40. The molecule has 0 aliphatic carbocycles. The molecule has 1 aliphatic rings. The fraction of sp³-hybridized carbons (Fsp3) is 0.538. The van der Waals surface area contributed by atoms with Gasteiger partial charge in [0.05, 0.1) is 6.42 Å². The molecular formula is C13H18N2O5. The van der Waals surface area contributed by atoms with E-state index < -0.39 is 5.97 Å². The van der Waals surface area contributed by atoms with Crippen LogP contribution in [0.5, 0.6) is 0 Å². The van der Waals surface area contributed by atoms with Crippen molar-refractivity contribution in [3.05, 3.63) is 12.2 Å². The van der Waals surface area contributed by atoms with Crippen LogP contribution in [-0.2, 0) is 19.2 Å². The number of amides is 2. The smallest absolute Gasteiger partial charge is 0.304 e. The van der Waals surface area contributed by atoms with Gasteiger partial charge in [0.15, 0.2) is 0 Å². The first-order valence-corrected chi connectivity index (χ1v) is 6.37. The van der Waals surface area contributed by atoms with Crippen LogP contribution in [0.1, 0.15) is 19.8 Å². The minimum Gasteiger partial charge on any atom is -0.481 e. The molecule has 0 saturated carbocycles. The molecule has 1 N–H and O–H groups in total. The average molecular weight is 282 g/mol. The number of carbonyl (C=O) groups is 4. The fourth-order valence-corrected chi connectivity index (χ4v) is 1.80. The van der Waals surface area contributed by atoms with Gasteiger partial charge < -0.3 is 10.0 Å². The van der Waals surface area contributed by atoms with Crippen LogP contribution in [-0.4, -0.2) is 64.7 Å². The highest BCUT2D eigenvalue weighted by molar-refractivity contribution is 6.12. The van der Waals surface area contributed by atoms with Crippen LogP contribution in [0.4, 0.5) is 0 Å². The molecule has 0 aromatic carbocycles. The summed E-state index contributed by atoms with van der Waals surface area (Å²) >= 11 is 0. The molecule has 0 atom stereocenters. The molecule has 2 amide bonds. The first-order valence-electron chi connectivity index (χ1n) is 6.37. The number of hydrogen-bond acceptors (Lipinski definition) is 5. The van der Waals surface area contributed by atoms with Crippen molar-refractivity contribution in [2.24, 2.45) is 0 Å². The summed E-state index contributed by atoms with van der Waals surface area (Å²) < 4.78 is 0. The molecule has 0 bridgehead atoms. The molecule has 7 heteroatoms. The zero-order chi connectivity index (χ0) is 15.1. The predicted octanol–water partition coefficient (Wildman–Crippen LogP) is -0.333. The number of ketones is 1. The quantitative estimate of drug-likeness (QED) is 0.582. The summed E-state index contributed by atoms with van der Waals surface area (Å²) in [7, 11) is 0. The van der Waals surface area contributed by atoms with E-state index in [0.29, 0.717) is 19.5 Å². The lowest BCUT2D eigenvalue weighted by molar-refractivity contribution is -0.139. The lowest BCUT2D eigenvalue weighted by Gasteiger charge is -2.23. The van der Waals surface area contributed by atoms with Gasteiger partial charge in [-0.2, -0.15) is 0 Å². The molecule has 1 rings (SSSR count). The van der Waals surface area contributed by atoms with E-state index in [0.717, 1.165) is 4.90 Å². The molecule has 20 heavy (non-hydrogen) atoms. The topological polar surface area (TPSA) is 95.0 Å². The van der Waals surface area contributed by atoms with Crippen molar-refractivity contribution >= 4 is 23.6 Å². The molecule has 0 fully saturated rings. The first kappa shape index (κ1) is 16.0. The summed E-state index contributed by atoms with van der Waals surface area (Å²) in [4.78, 5) is 47.2. The van der Waals surface area contributed by atoms with E-state index in [4.69, 9.17) is 5.11 Å². The van der Waals surface area contributed by atoms with E-state index in [9.17, 15) is 19.2 Å². The van der Waals surface area contributed by atoms with Crippen LogP contribution in [0, 0.1) is 0 Å². The largest absolute Gasteiger partial charge is 0.481 e. The Morgan fingerprint density at radius 2 is 1.65 bits per heavy atom. The van der Waals surface area contributed by atoms with Crippen LogP contribution < -0.4 is 0 Å². The summed E-state index contributed by atoms with van der Waals surface area (Å²) in [6.45, 7) is 2.73. The van der Waals surface area contributed by atoms with Gasteiger partial charge in [0.2, 0.25) is 0 Å². The molecule has 7 nitrogen and oxygen atoms in total. The standard InChI is InChI=1S/C13H18N2O5/c1-10(16)4-6-14(7-5-13(19)20)8-9-15-11(17)2-3-12(15)18/h2-3H,4-9H2,1H3,(H,19,20). The third kappa shape index (κ3) is 5.31. The molecule has 1 heterocycles. The average Bonchev–Trinajstić information content (AvgIpc) is 2.68. The Morgan fingerprint density at radius 3 is 2.15 bits per heavy atom. The van der Waals surface area contributed by atoms with Crippen LogP contribution in [0.2, 0.25) is 0 Å². The Kier molecular flexibility index (Phi) is 6.05. The van der Waals surface area contributed by atoms with Gasteiger partial charge in [-0.3, -0.25) is 24.1 Å². The molecule has 1 aliphatic heterocycles. The highest BCUT2D eigenvalue weighted by atomic mass is 16.4. The second-order valence-electron chi connectivity index (χ2n) is 4.60. The van der Waals surface area contributed by atoms with Gasteiger partial charge in [0.25, 0.3) is 11.8 Å². The van der Waals surface area contributed by atoms with E-state index in [1.54, 1.807) is 4.90 Å². The molecule has 0 spiro atoms. The van der Waals surface area contributed by atoms with Crippen LogP contribution >= 0.6 is 0 Å². The Morgan fingerprint density at radius 1 is 1.10 bits per heavy atom. The summed E-state index contributed by atoms with van der Waals surface area (Å²) in [5.41, 5.74) is 0. The summed E-state index contributed by atoms with van der Waals surface area (Å²) in [6, 6.07) is 0. The monoisotopic (exact) mass is 282 g/mol. The third-order valence-electron chi connectivity index (χ3n) is 2.96. The lowest BCUT2D eigenvalue weighted by atomic mass is 10.2. The van der Waals surface area contributed by atoms with Gasteiger partial charge in [-0.15, -0.1) is 0 Å². The number of imide groups is 1. The molecular weight excluding hydrogens is 264 g/mol. The Hall–Kier alpha value is -2.02.